The molecule has 1 aliphatic rings. The predicted molar refractivity (Wildman–Crippen MR) is 139 cm³/mol. The number of hydrogen-bond donors (Lipinski definition) is 1. The Balaban J connectivity index is 2.79. The van der Waals surface area contributed by atoms with E-state index in [0.717, 1.165) is 38.4 Å². The van der Waals surface area contributed by atoms with Gasteiger partial charge in [0.2, 0.25) is 5.91 Å². The maximum Gasteiger partial charge on any atom is 0.457 e. The summed E-state index contributed by atoms with van der Waals surface area (Å²) in [4.78, 5) is 26.5. The fraction of sp³-hybridized carbons (Fsp3) is 0.923. The third-order valence-electron chi connectivity index (χ3n) is 7.53. The molecule has 1 unspecified atom stereocenters. The van der Waals surface area contributed by atoms with Gasteiger partial charge in [0.15, 0.2) is 0 Å². The molecule has 0 aromatic carbocycles. The molecule has 34 heavy (non-hydrogen) atoms. The second-order valence-electron chi connectivity index (χ2n) is 12.8. The minimum atomic E-state index is -0.523. The van der Waals surface area contributed by atoms with Crippen molar-refractivity contribution in [2.24, 2.45) is 5.41 Å². The number of rotatable bonds is 10. The lowest BCUT2D eigenvalue weighted by Gasteiger charge is -2.51. The van der Waals surface area contributed by atoms with Crippen molar-refractivity contribution in [2.45, 2.75) is 137 Å². The van der Waals surface area contributed by atoms with Gasteiger partial charge >= 0.3 is 13.2 Å². The summed E-state index contributed by atoms with van der Waals surface area (Å²) in [6.45, 7) is 22.6. The van der Waals surface area contributed by atoms with E-state index in [1.807, 2.05) is 32.7 Å². The highest BCUT2D eigenvalue weighted by Gasteiger charge is 2.51. The monoisotopic (exact) mass is 482 g/mol. The number of carbonyl (C=O) groups is 2. The molecule has 0 bridgehead atoms. The molecule has 1 aliphatic heterocycles. The molecule has 0 aliphatic carbocycles. The van der Waals surface area contributed by atoms with Crippen molar-refractivity contribution in [3.8, 4) is 0 Å². The van der Waals surface area contributed by atoms with Crippen molar-refractivity contribution in [1.82, 2.24) is 10.2 Å². The van der Waals surface area contributed by atoms with Crippen LogP contribution in [0.3, 0.4) is 0 Å². The van der Waals surface area contributed by atoms with Crippen molar-refractivity contribution in [1.29, 1.82) is 0 Å². The minimum absolute atomic E-state index is 0.0565. The zero-order valence-corrected chi connectivity index (χ0v) is 24.0. The van der Waals surface area contributed by atoms with Gasteiger partial charge in [-0.05, 0) is 79.5 Å². The average Bonchev–Trinajstić information content (AvgIpc) is 2.83. The first kappa shape index (κ1) is 30.8. The number of nitrogens with zero attached hydrogens (tertiary/aromatic N) is 1. The summed E-state index contributed by atoms with van der Waals surface area (Å²) in [6, 6.07) is 0. The highest BCUT2D eigenvalue weighted by atomic mass is 16.7. The smallest absolute Gasteiger partial charge is 0.444 e. The molecule has 0 spiro atoms. The van der Waals surface area contributed by atoms with E-state index >= 15 is 0 Å². The second-order valence-corrected chi connectivity index (χ2v) is 12.8. The van der Waals surface area contributed by atoms with Gasteiger partial charge in [0, 0.05) is 26.1 Å². The Kier molecular flexibility index (Phi) is 10.1. The summed E-state index contributed by atoms with van der Waals surface area (Å²) in [5, 5.41) is 2.85. The second kappa shape index (κ2) is 11.2. The van der Waals surface area contributed by atoms with Crippen LogP contribution < -0.4 is 5.32 Å². The zero-order valence-electron chi connectivity index (χ0n) is 24.0. The Morgan fingerprint density at radius 2 is 1.41 bits per heavy atom. The minimum Gasteiger partial charge on any atom is -0.444 e. The molecule has 1 heterocycles. The van der Waals surface area contributed by atoms with Crippen LogP contribution in [-0.4, -0.2) is 60.0 Å². The first-order valence-electron chi connectivity index (χ1n) is 12.8. The van der Waals surface area contributed by atoms with E-state index in [9.17, 15) is 9.59 Å². The largest absolute Gasteiger partial charge is 0.457 e. The quantitative estimate of drug-likeness (QED) is 0.314. The van der Waals surface area contributed by atoms with Crippen LogP contribution in [0.2, 0.25) is 6.32 Å². The molecule has 0 aromatic rings. The van der Waals surface area contributed by atoms with Gasteiger partial charge in [0.25, 0.3) is 0 Å². The molecule has 2 amide bonds. The number of amides is 2. The third kappa shape index (κ3) is 8.15. The lowest BCUT2D eigenvalue weighted by atomic mass is 9.66. The molecule has 1 rings (SSSR count). The number of carbonyl (C=O) groups excluding carboxylic acids is 2. The normalized spacial score (nSPS) is 19.5. The Labute approximate surface area is 209 Å². The predicted octanol–water partition coefficient (Wildman–Crippen LogP) is 5.82. The van der Waals surface area contributed by atoms with E-state index < -0.39 is 11.7 Å². The van der Waals surface area contributed by atoms with Crippen LogP contribution in [0, 0.1) is 5.41 Å². The number of hydrogen-bond acceptors (Lipinski definition) is 5. The first-order chi connectivity index (χ1) is 15.2. The number of ether oxygens (including phenoxy) is 1. The standard InChI is InChI=1S/C26H51BN2O5/c1-20(30)29(12)26(22(2,3)4,17-15-19-28-21(31)32-23(5,6)7)16-13-14-18-27-33-24(8,9)25(10,11)34-27/h13-19H2,1-12H3,(H,28,31). The van der Waals surface area contributed by atoms with E-state index in [4.69, 9.17) is 14.0 Å². The van der Waals surface area contributed by atoms with Gasteiger partial charge in [-0.1, -0.05) is 33.6 Å². The summed E-state index contributed by atoms with van der Waals surface area (Å²) in [5.41, 5.74) is -1.62. The zero-order chi connectivity index (χ0) is 26.6. The summed E-state index contributed by atoms with van der Waals surface area (Å²) >= 11 is 0. The van der Waals surface area contributed by atoms with Crippen LogP contribution >= 0.6 is 0 Å². The van der Waals surface area contributed by atoms with Gasteiger partial charge in [0.1, 0.15) is 5.60 Å². The van der Waals surface area contributed by atoms with Gasteiger partial charge in [-0.3, -0.25) is 4.79 Å². The van der Waals surface area contributed by atoms with Crippen LogP contribution in [0.4, 0.5) is 4.79 Å². The number of nitrogens with one attached hydrogen (secondary N) is 1. The summed E-state index contributed by atoms with van der Waals surface area (Å²) in [7, 11) is 1.71. The molecule has 1 N–H and O–H groups in total. The van der Waals surface area contributed by atoms with E-state index in [2.05, 4.69) is 53.8 Å². The van der Waals surface area contributed by atoms with Crippen LogP contribution in [0.25, 0.3) is 0 Å². The molecule has 8 heteroatoms. The van der Waals surface area contributed by atoms with E-state index in [0.29, 0.717) is 6.54 Å². The van der Waals surface area contributed by atoms with Crippen molar-refractivity contribution in [3.63, 3.8) is 0 Å². The molecule has 1 atom stereocenters. The van der Waals surface area contributed by atoms with E-state index in [-0.39, 0.29) is 35.2 Å². The maximum absolute atomic E-state index is 12.5. The highest BCUT2D eigenvalue weighted by molar-refractivity contribution is 6.45. The maximum atomic E-state index is 12.5. The number of alkyl carbamates (subject to hydrolysis) is 1. The van der Waals surface area contributed by atoms with Crippen LogP contribution in [-0.2, 0) is 18.8 Å². The molecule has 0 aromatic heterocycles. The van der Waals surface area contributed by atoms with Crippen molar-refractivity contribution >= 4 is 19.1 Å². The fourth-order valence-electron chi connectivity index (χ4n) is 4.71. The summed E-state index contributed by atoms with van der Waals surface area (Å²) < 4.78 is 17.6. The van der Waals surface area contributed by atoms with Crippen LogP contribution in [0.5, 0.6) is 0 Å². The molecule has 1 fully saturated rings. The van der Waals surface area contributed by atoms with E-state index in [1.54, 1.807) is 6.92 Å². The number of unbranched alkanes of at least 4 members (excludes halogenated alkanes) is 1. The summed E-state index contributed by atoms with van der Waals surface area (Å²) in [5.74, 6) is 0.0565. The van der Waals surface area contributed by atoms with Gasteiger partial charge in [0.05, 0.1) is 11.2 Å². The molecule has 7 nitrogen and oxygen atoms in total. The topological polar surface area (TPSA) is 77.1 Å². The molecule has 1 saturated heterocycles. The molecule has 198 valence electrons. The van der Waals surface area contributed by atoms with Crippen LogP contribution in [0.15, 0.2) is 0 Å². The molecular weight excluding hydrogens is 431 g/mol. The lowest BCUT2D eigenvalue weighted by Crippen LogP contribution is -2.57. The van der Waals surface area contributed by atoms with Gasteiger partial charge in [-0.25, -0.2) is 4.79 Å². The van der Waals surface area contributed by atoms with Crippen LogP contribution in [0.1, 0.15) is 108 Å². The summed E-state index contributed by atoms with van der Waals surface area (Å²) in [6.07, 6.45) is 4.76. The van der Waals surface area contributed by atoms with Crippen molar-refractivity contribution < 1.29 is 23.6 Å². The lowest BCUT2D eigenvalue weighted by molar-refractivity contribution is -0.139. The molecular formula is C26H51BN2O5. The first-order valence-corrected chi connectivity index (χ1v) is 12.8. The molecule has 0 saturated carbocycles. The SMILES string of the molecule is CC(=O)N(C)C(CCCCB1OC(C)(C)C(C)(C)O1)(CCCNC(=O)OC(C)(C)C)C(C)(C)C. The Bertz CT molecular complexity index is 680. The Hall–Kier alpha value is -1.28. The third-order valence-corrected chi connectivity index (χ3v) is 7.53. The van der Waals surface area contributed by atoms with Gasteiger partial charge in [-0.2, -0.15) is 0 Å². The van der Waals surface area contributed by atoms with Gasteiger partial charge < -0.3 is 24.3 Å². The Morgan fingerprint density at radius 3 is 1.85 bits per heavy atom. The van der Waals surface area contributed by atoms with Crippen molar-refractivity contribution in [3.05, 3.63) is 0 Å². The average molecular weight is 483 g/mol. The highest BCUT2D eigenvalue weighted by Crippen LogP contribution is 2.43. The van der Waals surface area contributed by atoms with Crippen molar-refractivity contribution in [2.75, 3.05) is 13.6 Å². The van der Waals surface area contributed by atoms with E-state index in [1.165, 1.54) is 0 Å². The van der Waals surface area contributed by atoms with Gasteiger partial charge in [-0.15, -0.1) is 0 Å². The Morgan fingerprint density at radius 1 is 0.912 bits per heavy atom. The fourth-order valence-corrected chi connectivity index (χ4v) is 4.71. The molecule has 0 radical (unpaired) electrons.